The monoisotopic (exact) mass is 138 g/mol. The molecule has 0 spiro atoms. The van der Waals surface area contributed by atoms with Crippen molar-refractivity contribution in [3.63, 3.8) is 0 Å². The van der Waals surface area contributed by atoms with Crippen molar-refractivity contribution in [3.8, 4) is 0 Å². The van der Waals surface area contributed by atoms with Crippen LogP contribution in [-0.2, 0) is 0 Å². The van der Waals surface area contributed by atoms with Gasteiger partial charge in [0.1, 0.15) is 0 Å². The van der Waals surface area contributed by atoms with Gasteiger partial charge >= 0.3 is 0 Å². The molecule has 0 aromatic carbocycles. The van der Waals surface area contributed by atoms with Gasteiger partial charge in [0.05, 0.1) is 0 Å². The molecule has 1 aliphatic rings. The van der Waals surface area contributed by atoms with Crippen LogP contribution in [0.25, 0.3) is 0 Å². The highest BCUT2D eigenvalue weighted by atomic mass is 14.7. The molecule has 0 unspecified atom stereocenters. The predicted molar refractivity (Wildman–Crippen MR) is 45.2 cm³/mol. The van der Waals surface area contributed by atoms with Crippen molar-refractivity contribution in [1.82, 2.24) is 0 Å². The second-order valence-corrected chi connectivity index (χ2v) is 2.46. The van der Waals surface area contributed by atoms with E-state index in [9.17, 15) is 0 Å². The lowest BCUT2D eigenvalue weighted by Gasteiger charge is -1.95. The Hall–Kier alpha value is -0.660. The molecular formula is C8H14N2. The Labute approximate surface area is 62.1 Å². The normalized spacial score (nSPS) is 20.8. The van der Waals surface area contributed by atoms with Crippen LogP contribution in [0.3, 0.4) is 0 Å². The van der Waals surface area contributed by atoms with Gasteiger partial charge in [0.2, 0.25) is 0 Å². The fourth-order valence-corrected chi connectivity index (χ4v) is 0.913. The predicted octanol–water partition coefficient (Wildman–Crippen LogP) is 1.70. The first-order valence-electron chi connectivity index (χ1n) is 3.97. The highest BCUT2D eigenvalue weighted by molar-refractivity contribution is 5.59. The van der Waals surface area contributed by atoms with Crippen LogP contribution in [0.4, 0.5) is 0 Å². The fourth-order valence-electron chi connectivity index (χ4n) is 0.913. The van der Waals surface area contributed by atoms with Crippen LogP contribution in [0.1, 0.15) is 25.7 Å². The maximum atomic E-state index is 4.25. The highest BCUT2D eigenvalue weighted by Crippen LogP contribution is 1.92. The summed E-state index contributed by atoms with van der Waals surface area (Å²) in [6, 6.07) is 0. The lowest BCUT2D eigenvalue weighted by atomic mass is 10.3. The van der Waals surface area contributed by atoms with Gasteiger partial charge in [0.15, 0.2) is 0 Å². The standard InChI is InChI=1S/C8H14N2/c1-2-6-10-8-4-3-7-9-5-1/h5,8H,1-4,6-7H2. The first kappa shape index (κ1) is 7.45. The molecule has 10 heavy (non-hydrogen) atoms. The zero-order valence-electron chi connectivity index (χ0n) is 6.29. The van der Waals surface area contributed by atoms with Crippen molar-refractivity contribution in [3.05, 3.63) is 0 Å². The summed E-state index contributed by atoms with van der Waals surface area (Å²) in [6.45, 7) is 1.96. The molecule has 0 bridgehead atoms. The quantitative estimate of drug-likeness (QED) is 0.487. The van der Waals surface area contributed by atoms with Crippen LogP contribution in [0.5, 0.6) is 0 Å². The topological polar surface area (TPSA) is 24.7 Å². The van der Waals surface area contributed by atoms with Gasteiger partial charge in [0.25, 0.3) is 0 Å². The largest absolute Gasteiger partial charge is 0.298 e. The molecular weight excluding hydrogens is 124 g/mol. The van der Waals surface area contributed by atoms with Gasteiger partial charge in [-0.05, 0) is 38.1 Å². The highest BCUT2D eigenvalue weighted by Gasteiger charge is 1.86. The Balaban J connectivity index is 2.22. The number of hydrogen-bond donors (Lipinski definition) is 0. The van der Waals surface area contributed by atoms with Gasteiger partial charge in [-0.3, -0.25) is 9.98 Å². The molecule has 0 fully saturated rings. The van der Waals surface area contributed by atoms with Crippen LogP contribution < -0.4 is 0 Å². The Bertz CT molecular complexity index is 99.2. The summed E-state index contributed by atoms with van der Waals surface area (Å²) in [6.07, 6.45) is 8.55. The number of nitrogens with zero attached hydrogens (tertiary/aromatic N) is 2. The third-order valence-corrected chi connectivity index (χ3v) is 1.50. The molecule has 1 heterocycles. The van der Waals surface area contributed by atoms with E-state index >= 15 is 0 Å². The summed E-state index contributed by atoms with van der Waals surface area (Å²) in [4.78, 5) is 8.49. The molecule has 0 aromatic heterocycles. The van der Waals surface area contributed by atoms with E-state index in [0.717, 1.165) is 38.8 Å². The molecule has 0 saturated carbocycles. The third-order valence-electron chi connectivity index (χ3n) is 1.50. The fraction of sp³-hybridized carbons (Fsp3) is 0.750. The first-order chi connectivity index (χ1) is 5.00. The van der Waals surface area contributed by atoms with E-state index in [1.54, 1.807) is 0 Å². The minimum Gasteiger partial charge on any atom is -0.298 e. The summed E-state index contributed by atoms with van der Waals surface area (Å²) in [5.41, 5.74) is 0. The summed E-state index contributed by atoms with van der Waals surface area (Å²) in [5.74, 6) is 0. The summed E-state index contributed by atoms with van der Waals surface area (Å²) >= 11 is 0. The van der Waals surface area contributed by atoms with E-state index in [1.807, 2.05) is 12.4 Å². The Morgan fingerprint density at radius 3 is 1.80 bits per heavy atom. The minimum atomic E-state index is 0.978. The van der Waals surface area contributed by atoms with Gasteiger partial charge in [0, 0.05) is 13.1 Å². The number of rotatable bonds is 0. The van der Waals surface area contributed by atoms with E-state index in [0.29, 0.717) is 0 Å². The van der Waals surface area contributed by atoms with Crippen LogP contribution in [0, 0.1) is 0 Å². The number of aliphatic imine (C=N–C) groups is 2. The van der Waals surface area contributed by atoms with Crippen molar-refractivity contribution in [2.75, 3.05) is 13.1 Å². The SMILES string of the molecule is C1=NCCCC=NCCC1. The van der Waals surface area contributed by atoms with Gasteiger partial charge in [-0.2, -0.15) is 0 Å². The summed E-state index contributed by atoms with van der Waals surface area (Å²) in [7, 11) is 0. The molecule has 2 heteroatoms. The van der Waals surface area contributed by atoms with Gasteiger partial charge < -0.3 is 0 Å². The molecule has 0 aromatic rings. The van der Waals surface area contributed by atoms with Gasteiger partial charge in [-0.1, -0.05) is 0 Å². The molecule has 56 valence electrons. The molecule has 0 radical (unpaired) electrons. The molecule has 1 rings (SSSR count). The third kappa shape index (κ3) is 3.38. The van der Waals surface area contributed by atoms with Crippen LogP contribution >= 0.6 is 0 Å². The zero-order valence-corrected chi connectivity index (χ0v) is 6.29. The van der Waals surface area contributed by atoms with Crippen LogP contribution in [0.2, 0.25) is 0 Å². The molecule has 0 aliphatic carbocycles. The van der Waals surface area contributed by atoms with E-state index in [2.05, 4.69) is 9.98 Å². The zero-order chi connectivity index (χ0) is 7.07. The Morgan fingerprint density at radius 1 is 0.800 bits per heavy atom. The second-order valence-electron chi connectivity index (χ2n) is 2.46. The molecule has 0 N–H and O–H groups in total. The molecule has 0 amide bonds. The van der Waals surface area contributed by atoms with E-state index in [1.165, 1.54) is 0 Å². The average Bonchev–Trinajstić information content (AvgIpc) is 2.01. The van der Waals surface area contributed by atoms with Crippen molar-refractivity contribution in [1.29, 1.82) is 0 Å². The molecule has 0 saturated heterocycles. The molecule has 2 nitrogen and oxygen atoms in total. The Kier molecular flexibility index (Phi) is 3.84. The van der Waals surface area contributed by atoms with Crippen molar-refractivity contribution in [2.24, 2.45) is 9.98 Å². The number of hydrogen-bond acceptors (Lipinski definition) is 2. The maximum absolute atomic E-state index is 4.25. The average molecular weight is 138 g/mol. The lowest BCUT2D eigenvalue weighted by Crippen LogP contribution is -1.90. The van der Waals surface area contributed by atoms with Crippen molar-refractivity contribution in [2.45, 2.75) is 25.7 Å². The lowest BCUT2D eigenvalue weighted by molar-refractivity contribution is 0.838. The maximum Gasteiger partial charge on any atom is 0.0388 e. The summed E-state index contributed by atoms with van der Waals surface area (Å²) < 4.78 is 0. The molecule has 1 aliphatic heterocycles. The van der Waals surface area contributed by atoms with Crippen LogP contribution in [-0.4, -0.2) is 25.5 Å². The molecule has 0 atom stereocenters. The first-order valence-corrected chi connectivity index (χ1v) is 3.97. The Morgan fingerprint density at radius 2 is 1.30 bits per heavy atom. The second kappa shape index (κ2) is 5.15. The van der Waals surface area contributed by atoms with Crippen LogP contribution in [0.15, 0.2) is 9.98 Å². The summed E-state index contributed by atoms with van der Waals surface area (Å²) in [5, 5.41) is 0. The smallest absolute Gasteiger partial charge is 0.0388 e. The van der Waals surface area contributed by atoms with E-state index in [-0.39, 0.29) is 0 Å². The van der Waals surface area contributed by atoms with E-state index in [4.69, 9.17) is 0 Å². The van der Waals surface area contributed by atoms with Gasteiger partial charge in [-0.15, -0.1) is 0 Å². The van der Waals surface area contributed by atoms with Crippen molar-refractivity contribution < 1.29 is 0 Å². The van der Waals surface area contributed by atoms with E-state index < -0.39 is 0 Å². The van der Waals surface area contributed by atoms with Crippen molar-refractivity contribution >= 4 is 12.4 Å². The minimum absolute atomic E-state index is 0.978. The van der Waals surface area contributed by atoms with Gasteiger partial charge in [-0.25, -0.2) is 0 Å².